The maximum absolute atomic E-state index is 13.8. The number of allylic oxidation sites excluding steroid dienone is 2. The topological polar surface area (TPSA) is 32.4 Å². The molecular weight excluding hydrogens is 1350 g/mol. The first-order chi connectivity index (χ1) is 51.7. The molecule has 10 bridgehead atoms. The number of rotatable bonds is 11. The number of nitrogens with zero attached hydrogens (tertiary/aromatic N) is 10. The predicted molar refractivity (Wildman–Crippen MR) is 445 cm³/mol. The van der Waals surface area contributed by atoms with Gasteiger partial charge in [-0.05, 0) is 291 Å². The number of hydrogen-bond acceptors (Lipinski definition) is 10. The maximum atomic E-state index is 13.8. The first-order valence-corrected chi connectivity index (χ1v) is 44.0. The van der Waals surface area contributed by atoms with Gasteiger partial charge in [0, 0.05) is 194 Å². The van der Waals surface area contributed by atoms with Crippen LogP contribution in [0.25, 0.3) is 0 Å². The lowest BCUT2D eigenvalue weighted by atomic mass is 9.54. The Morgan fingerprint density at radius 3 is 1.28 bits per heavy atom. The molecule has 5 aliphatic heterocycles. The van der Waals surface area contributed by atoms with E-state index in [1.54, 1.807) is 44.2 Å². The molecule has 5 heterocycles. The monoisotopic (exact) mass is 1480 g/mol. The fourth-order valence-corrected chi connectivity index (χ4v) is 24.8. The predicted octanol–water partition coefficient (Wildman–Crippen LogP) is 18.7. The second kappa shape index (κ2) is 34.4. The van der Waals surface area contributed by atoms with Gasteiger partial charge in [0.25, 0.3) is 0 Å². The van der Waals surface area contributed by atoms with Crippen molar-refractivity contribution < 1.29 is 4.39 Å². The molecule has 9 atom stereocenters. The summed E-state index contributed by atoms with van der Waals surface area (Å²) in [6.45, 7) is 36.0. The molecule has 10 nitrogen and oxygen atoms in total. The lowest BCUT2D eigenvalue weighted by Crippen LogP contribution is -2.60. The minimum atomic E-state index is -0.0825. The van der Waals surface area contributed by atoms with Crippen LogP contribution in [0.3, 0.4) is 0 Å². The third-order valence-corrected chi connectivity index (χ3v) is 30.4. The van der Waals surface area contributed by atoms with Gasteiger partial charge in [0.2, 0.25) is 0 Å². The highest BCUT2D eigenvalue weighted by atomic mass is 35.5. The van der Waals surface area contributed by atoms with Crippen molar-refractivity contribution >= 4 is 51.6 Å². The van der Waals surface area contributed by atoms with Gasteiger partial charge in [-0.15, -0.1) is 0 Å². The van der Waals surface area contributed by atoms with E-state index in [9.17, 15) is 4.39 Å². The van der Waals surface area contributed by atoms with Crippen molar-refractivity contribution in [2.45, 2.75) is 181 Å². The summed E-state index contributed by atoms with van der Waals surface area (Å²) in [6.07, 6.45) is 33.0. The van der Waals surface area contributed by atoms with Crippen LogP contribution in [0.1, 0.15) is 151 Å². The van der Waals surface area contributed by atoms with Crippen LogP contribution in [-0.2, 0) is 0 Å². The van der Waals surface area contributed by atoms with Crippen LogP contribution >= 0.6 is 23.2 Å². The Bertz CT molecular complexity index is 3660. The molecule has 16 aliphatic rings. The quantitative estimate of drug-likeness (QED) is 0.119. The number of anilines is 5. The number of fused-ring (bicyclic) bond motifs is 6. The molecule has 5 aromatic rings. The van der Waals surface area contributed by atoms with Crippen LogP contribution in [0.15, 0.2) is 121 Å². The molecule has 5 aromatic carbocycles. The lowest BCUT2D eigenvalue weighted by Gasteiger charge is -2.58. The summed E-state index contributed by atoms with van der Waals surface area (Å²) in [7, 11) is 0. The van der Waals surface area contributed by atoms with Gasteiger partial charge in [-0.1, -0.05) is 104 Å². The molecule has 5 saturated heterocycles. The summed E-state index contributed by atoms with van der Waals surface area (Å²) in [6, 6.07) is 41.0. The van der Waals surface area contributed by atoms with E-state index in [1.807, 2.05) is 30.3 Å². The highest BCUT2D eigenvalue weighted by Crippen LogP contribution is 2.56. The average Bonchev–Trinajstić information content (AvgIpc) is 1.25. The molecule has 15 fully saturated rings. The van der Waals surface area contributed by atoms with E-state index in [0.29, 0.717) is 0 Å². The van der Waals surface area contributed by atoms with Crippen molar-refractivity contribution in [1.82, 2.24) is 24.5 Å². The van der Waals surface area contributed by atoms with Gasteiger partial charge in [0.15, 0.2) is 0 Å². The largest absolute Gasteiger partial charge is 0.369 e. The molecule has 106 heavy (non-hydrogen) atoms. The van der Waals surface area contributed by atoms with Crippen LogP contribution in [0.2, 0.25) is 10.0 Å². The molecule has 13 heteroatoms. The van der Waals surface area contributed by atoms with Gasteiger partial charge in [0.1, 0.15) is 5.82 Å². The van der Waals surface area contributed by atoms with E-state index < -0.39 is 0 Å². The number of halogens is 3. The fraction of sp³-hybridized carbons (Fsp3) is 0.656. The van der Waals surface area contributed by atoms with Crippen LogP contribution in [0.5, 0.6) is 0 Å². The van der Waals surface area contributed by atoms with Crippen molar-refractivity contribution in [2.75, 3.05) is 162 Å². The summed E-state index contributed by atoms with van der Waals surface area (Å²) < 4.78 is 13.8. The van der Waals surface area contributed by atoms with E-state index in [1.165, 1.54) is 220 Å². The number of hydrogen-bond donors (Lipinski definition) is 0. The Balaban J connectivity index is 0.000000102. The minimum Gasteiger partial charge on any atom is -0.369 e. The molecule has 11 aliphatic carbocycles. The average molecular weight is 1480 g/mol. The third-order valence-electron chi connectivity index (χ3n) is 29.9. The zero-order valence-electron chi connectivity index (χ0n) is 65.7. The van der Waals surface area contributed by atoms with E-state index in [4.69, 9.17) is 23.2 Å². The van der Waals surface area contributed by atoms with Gasteiger partial charge in [-0.3, -0.25) is 24.5 Å². The van der Waals surface area contributed by atoms with Crippen molar-refractivity contribution in [1.29, 1.82) is 0 Å². The van der Waals surface area contributed by atoms with Crippen molar-refractivity contribution in [2.24, 2.45) is 71.0 Å². The first kappa shape index (κ1) is 75.2. The molecule has 0 amide bonds. The lowest BCUT2D eigenvalue weighted by molar-refractivity contribution is -0.0665. The molecule has 0 spiro atoms. The number of aryl methyl sites for hydroxylation is 4. The normalized spacial score (nSPS) is 33.4. The van der Waals surface area contributed by atoms with E-state index in [-0.39, 0.29) is 5.82 Å². The van der Waals surface area contributed by atoms with Crippen molar-refractivity contribution in [3.8, 4) is 0 Å². The third kappa shape index (κ3) is 17.9. The Hall–Kier alpha value is -4.85. The maximum Gasteiger partial charge on any atom is 0.146 e. The van der Waals surface area contributed by atoms with Gasteiger partial charge < -0.3 is 24.5 Å². The molecular formula is C93H131Cl2FN10. The van der Waals surface area contributed by atoms with E-state index >= 15 is 0 Å². The van der Waals surface area contributed by atoms with Gasteiger partial charge >= 0.3 is 0 Å². The Kier molecular flexibility index (Phi) is 24.4. The second-order valence-electron chi connectivity index (χ2n) is 36.7. The number of benzene rings is 5. The number of para-hydroxylation sites is 1. The summed E-state index contributed by atoms with van der Waals surface area (Å²) in [4.78, 5) is 26.1. The smallest absolute Gasteiger partial charge is 0.146 e. The Morgan fingerprint density at radius 2 is 0.830 bits per heavy atom. The second-order valence-corrected chi connectivity index (χ2v) is 37.6. The molecule has 0 radical (unpaired) electrons. The van der Waals surface area contributed by atoms with Crippen LogP contribution in [-0.4, -0.2) is 186 Å². The van der Waals surface area contributed by atoms with Gasteiger partial charge in [0.05, 0.1) is 5.69 Å². The molecule has 0 N–H and O–H groups in total. The van der Waals surface area contributed by atoms with Gasteiger partial charge in [-0.2, -0.15) is 0 Å². The standard InChI is InChI=1S/C22H32N2.C19H30N2.C18H23ClN2.C17H23ClN2.C17H23FN2/c1-15-3-4-16(2)21(9-15)23-5-7-24(8-6-23)22-19-11-17-10-18(13-19)14-20(22)12-17;1-15-5-8-18(9-6-15)20-10-12-21(13-11-20)19-14-16(2)4-7-17(19)3;19-17-2-1-3-18(12-17)21-8-6-20(7-9-21)13-16-11-14-4-5-15(16)10-14;18-15-2-1-3-16(12-15)19-6-8-20(9-7-19)17-11-13-4-5-14(17)10-13;18-15-3-1-2-4-16(15)19-7-9-20(10-8-19)17-12-13-5-6-14(17)11-13/h3-4,9,17-20,22H,5-8,10-14H2,1-2H3;4,7,14-15,18H,5-6,8-13H2,1-3H3;1-5,12,14-16H,6-11,13H2;1-3,12-14,17H,4-11H2;1-4,13-14,17H,5-12H2. The van der Waals surface area contributed by atoms with Crippen molar-refractivity contribution in [3.05, 3.63) is 159 Å². The molecule has 21 rings (SSSR count). The Morgan fingerprint density at radius 1 is 0.368 bits per heavy atom. The summed E-state index contributed by atoms with van der Waals surface area (Å²) >= 11 is 12.2. The highest BCUT2D eigenvalue weighted by molar-refractivity contribution is 6.31. The molecule has 10 saturated carbocycles. The SMILES string of the molecule is Cc1ccc(C)c(N2CCN(C3C4CC5CC(C4)CC3C5)CC2)c1.Cc1ccc(C)c(N2CCN(C3CCC(C)CC3)CC2)c1.Clc1cccc(N2CCN(C3CC4CCC3C4)CC2)c1.Clc1cccc(N2CCN(CC3CC4C=CC3C4)CC2)c1.Fc1ccccc1N1CCN(C2CC3CCC2C3)CC1. The fourth-order valence-electron chi connectivity index (χ4n) is 24.4. The highest BCUT2D eigenvalue weighted by Gasteiger charge is 2.51. The van der Waals surface area contributed by atoms with Crippen LogP contribution in [0.4, 0.5) is 32.8 Å². The van der Waals surface area contributed by atoms with Gasteiger partial charge in [-0.25, -0.2) is 4.39 Å². The zero-order valence-corrected chi connectivity index (χ0v) is 67.2. The van der Waals surface area contributed by atoms with E-state index in [2.05, 4.69) is 162 Å². The van der Waals surface area contributed by atoms with E-state index in [0.717, 1.165) is 163 Å². The zero-order chi connectivity index (χ0) is 72.4. The molecule has 574 valence electrons. The minimum absolute atomic E-state index is 0.0825. The summed E-state index contributed by atoms with van der Waals surface area (Å²) in [5.41, 5.74) is 11.9. The first-order valence-electron chi connectivity index (χ1n) is 43.2. The Labute approximate surface area is 649 Å². The molecule has 9 unspecified atom stereocenters. The molecule has 0 aromatic heterocycles. The van der Waals surface area contributed by atoms with Crippen LogP contribution < -0.4 is 24.5 Å². The summed E-state index contributed by atoms with van der Waals surface area (Å²) in [5, 5.41) is 1.68. The van der Waals surface area contributed by atoms with Crippen molar-refractivity contribution in [3.63, 3.8) is 0 Å². The summed E-state index contributed by atoms with van der Waals surface area (Å²) in [5.74, 6) is 11.9. The number of piperazine rings is 5. The van der Waals surface area contributed by atoms with Crippen LogP contribution in [0, 0.1) is 105 Å².